The van der Waals surface area contributed by atoms with Crippen LogP contribution in [0.4, 0.5) is 33.6 Å². The summed E-state index contributed by atoms with van der Waals surface area (Å²) in [5.74, 6) is -5.05. The zero-order valence-corrected chi connectivity index (χ0v) is 29.2. The standard InChI is InChI=1S/C35H41F5N6O5S/c36-26-6-7-27(30(37)19-26)28-21-43(11-3-17-52(50,51)46-12-1-2-13-46)22-29(28)32(47)42-34-41-10-16-45(34)20-24-4-5-25(35(38,39)40)18-31(24)44-14-8-23(9-15-44)33(48)49/h4-7,10,16,18-19,23,28-29H,1-3,8-9,11-15,17,20-22H2,(H,48,49)(H,41,42,47)/t28-,29+/m0/s1. The maximum atomic E-state index is 15.1. The van der Waals surface area contributed by atoms with E-state index in [9.17, 15) is 40.7 Å². The molecule has 11 nitrogen and oxygen atoms in total. The van der Waals surface area contributed by atoms with Gasteiger partial charge in [0.25, 0.3) is 0 Å². The Bertz CT molecular complexity index is 1880. The van der Waals surface area contributed by atoms with Crippen molar-refractivity contribution in [3.05, 3.63) is 77.1 Å². The van der Waals surface area contributed by atoms with Crippen molar-refractivity contribution in [2.45, 2.75) is 50.7 Å². The number of nitrogens with zero attached hydrogens (tertiary/aromatic N) is 5. The quantitative estimate of drug-likeness (QED) is 0.248. The number of amides is 1. The number of nitrogens with one attached hydrogen (secondary N) is 1. The van der Waals surface area contributed by atoms with E-state index in [-0.39, 0.29) is 62.8 Å². The van der Waals surface area contributed by atoms with Gasteiger partial charge in [0.2, 0.25) is 21.9 Å². The van der Waals surface area contributed by atoms with Gasteiger partial charge in [0.15, 0.2) is 0 Å². The first-order chi connectivity index (χ1) is 24.7. The number of sulfonamides is 1. The summed E-state index contributed by atoms with van der Waals surface area (Å²) < 4.78 is 98.8. The van der Waals surface area contributed by atoms with Crippen LogP contribution in [0.3, 0.4) is 0 Å². The monoisotopic (exact) mass is 752 g/mol. The Morgan fingerprint density at radius 1 is 0.981 bits per heavy atom. The molecule has 6 rings (SSSR count). The number of likely N-dealkylation sites (tertiary alicyclic amines) is 1. The van der Waals surface area contributed by atoms with Gasteiger partial charge in [-0.3, -0.25) is 14.9 Å². The van der Waals surface area contributed by atoms with Crippen LogP contribution in [0, 0.1) is 23.5 Å². The van der Waals surface area contributed by atoms with Crippen molar-refractivity contribution in [1.29, 1.82) is 0 Å². The molecule has 282 valence electrons. The normalized spacial score (nSPS) is 20.8. The maximum Gasteiger partial charge on any atom is 0.416 e. The highest BCUT2D eigenvalue weighted by molar-refractivity contribution is 7.89. The minimum absolute atomic E-state index is 0.0280. The van der Waals surface area contributed by atoms with E-state index >= 15 is 4.39 Å². The zero-order valence-electron chi connectivity index (χ0n) is 28.4. The third kappa shape index (κ3) is 8.58. The number of carbonyl (C=O) groups is 2. The Labute approximate surface area is 298 Å². The number of imidazole rings is 1. The number of carbonyl (C=O) groups excluding carboxylic acids is 1. The minimum Gasteiger partial charge on any atom is -0.481 e. The molecule has 0 unspecified atom stereocenters. The molecule has 3 aliphatic heterocycles. The topological polar surface area (TPSA) is 128 Å². The molecule has 1 aromatic heterocycles. The van der Waals surface area contributed by atoms with E-state index in [1.807, 2.05) is 4.90 Å². The van der Waals surface area contributed by atoms with E-state index < -0.39 is 63.0 Å². The molecule has 3 saturated heterocycles. The molecule has 17 heteroatoms. The molecular weight excluding hydrogens is 711 g/mol. The van der Waals surface area contributed by atoms with Crippen molar-refractivity contribution >= 4 is 33.5 Å². The molecule has 3 aromatic rings. The second kappa shape index (κ2) is 15.5. The van der Waals surface area contributed by atoms with Crippen LogP contribution in [-0.4, -0.2) is 95.7 Å². The Morgan fingerprint density at radius 3 is 2.38 bits per heavy atom. The number of carboxylic acid groups (broad SMARTS) is 1. The molecule has 0 radical (unpaired) electrons. The number of alkyl halides is 3. The Kier molecular flexibility index (Phi) is 11.2. The molecule has 0 aliphatic carbocycles. The molecule has 2 atom stereocenters. The van der Waals surface area contributed by atoms with Gasteiger partial charge in [0.1, 0.15) is 11.6 Å². The van der Waals surface area contributed by atoms with Gasteiger partial charge in [-0.15, -0.1) is 0 Å². The molecule has 4 heterocycles. The molecule has 0 bridgehead atoms. The summed E-state index contributed by atoms with van der Waals surface area (Å²) in [6.07, 6.45) is 0.899. The van der Waals surface area contributed by atoms with E-state index in [4.69, 9.17) is 0 Å². The number of anilines is 2. The molecule has 2 aromatic carbocycles. The number of hydrogen-bond acceptors (Lipinski definition) is 7. The maximum absolute atomic E-state index is 15.1. The Balaban J connectivity index is 1.19. The first-order valence-corrected chi connectivity index (χ1v) is 19.0. The minimum atomic E-state index is -4.60. The van der Waals surface area contributed by atoms with Crippen molar-refractivity contribution < 1.29 is 45.1 Å². The lowest BCUT2D eigenvalue weighted by Crippen LogP contribution is -2.37. The molecule has 0 saturated carbocycles. The fourth-order valence-corrected chi connectivity index (χ4v) is 9.07. The lowest BCUT2D eigenvalue weighted by molar-refractivity contribution is -0.142. The zero-order chi connectivity index (χ0) is 37.2. The summed E-state index contributed by atoms with van der Waals surface area (Å²) in [6, 6.07) is 6.58. The highest BCUT2D eigenvalue weighted by Gasteiger charge is 2.40. The van der Waals surface area contributed by atoms with Gasteiger partial charge in [-0.1, -0.05) is 12.1 Å². The van der Waals surface area contributed by atoms with E-state index in [1.54, 1.807) is 15.7 Å². The number of aromatic nitrogens is 2. The molecular formula is C35H41F5N6O5S. The summed E-state index contributed by atoms with van der Waals surface area (Å²) in [5, 5.41) is 12.2. The summed E-state index contributed by atoms with van der Waals surface area (Å²) in [6.45, 7) is 2.28. The molecule has 0 spiro atoms. The van der Waals surface area contributed by atoms with Gasteiger partial charge in [-0.05, 0) is 68.0 Å². The molecule has 1 amide bonds. The van der Waals surface area contributed by atoms with Crippen LogP contribution in [0.25, 0.3) is 0 Å². The van der Waals surface area contributed by atoms with Crippen LogP contribution < -0.4 is 10.2 Å². The largest absolute Gasteiger partial charge is 0.481 e. The summed E-state index contributed by atoms with van der Waals surface area (Å²) in [4.78, 5) is 33.3. The van der Waals surface area contributed by atoms with Crippen LogP contribution in [0.5, 0.6) is 0 Å². The van der Waals surface area contributed by atoms with Crippen LogP contribution in [-0.2, 0) is 32.3 Å². The van der Waals surface area contributed by atoms with Crippen molar-refractivity contribution in [2.75, 3.05) is 61.8 Å². The number of aliphatic carboxylic acids is 1. The Hall–Kier alpha value is -4.09. The number of piperidine rings is 1. The van der Waals surface area contributed by atoms with Gasteiger partial charge in [-0.2, -0.15) is 13.2 Å². The van der Waals surface area contributed by atoms with Crippen LogP contribution >= 0.6 is 0 Å². The van der Waals surface area contributed by atoms with E-state index in [2.05, 4.69) is 10.3 Å². The van der Waals surface area contributed by atoms with Crippen molar-refractivity contribution in [1.82, 2.24) is 18.8 Å². The Morgan fingerprint density at radius 2 is 1.71 bits per heavy atom. The fourth-order valence-electron chi connectivity index (χ4n) is 7.50. The van der Waals surface area contributed by atoms with Gasteiger partial charge < -0.3 is 19.5 Å². The predicted octanol–water partition coefficient (Wildman–Crippen LogP) is 5.00. The second-order valence-electron chi connectivity index (χ2n) is 13.7. The SMILES string of the molecule is O=C(O)C1CCN(c2cc(C(F)(F)F)ccc2Cn2ccnc2NC(=O)[C@@H]2CN(CCCS(=O)(=O)N3CCCC3)C[C@H]2c2ccc(F)cc2F)CC1. The van der Waals surface area contributed by atoms with Gasteiger partial charge in [0.05, 0.1) is 29.7 Å². The lowest BCUT2D eigenvalue weighted by Gasteiger charge is -2.34. The number of halogens is 5. The highest BCUT2D eigenvalue weighted by atomic mass is 32.2. The van der Waals surface area contributed by atoms with Gasteiger partial charge in [-0.25, -0.2) is 26.5 Å². The van der Waals surface area contributed by atoms with Crippen LogP contribution in [0.15, 0.2) is 48.8 Å². The van der Waals surface area contributed by atoms with Crippen LogP contribution in [0.1, 0.15) is 54.7 Å². The highest BCUT2D eigenvalue weighted by Crippen LogP contribution is 2.37. The summed E-state index contributed by atoms with van der Waals surface area (Å²) >= 11 is 0. The van der Waals surface area contributed by atoms with E-state index in [1.165, 1.54) is 22.6 Å². The number of rotatable bonds is 12. The third-order valence-electron chi connectivity index (χ3n) is 10.3. The first kappa shape index (κ1) is 37.7. The molecule has 3 fully saturated rings. The summed E-state index contributed by atoms with van der Waals surface area (Å²) in [5.41, 5.74) is 0.106. The lowest BCUT2D eigenvalue weighted by atomic mass is 9.88. The van der Waals surface area contributed by atoms with Crippen molar-refractivity contribution in [2.24, 2.45) is 11.8 Å². The smallest absolute Gasteiger partial charge is 0.416 e. The van der Waals surface area contributed by atoms with Gasteiger partial charge >= 0.3 is 12.1 Å². The van der Waals surface area contributed by atoms with E-state index in [0.29, 0.717) is 37.3 Å². The van der Waals surface area contributed by atoms with Gasteiger partial charge in [0, 0.05) is 69.3 Å². The fraction of sp³-hybridized carbons (Fsp3) is 0.514. The number of carboxylic acids is 1. The number of hydrogen-bond donors (Lipinski definition) is 2. The van der Waals surface area contributed by atoms with E-state index in [0.717, 1.165) is 37.1 Å². The van der Waals surface area contributed by atoms with Crippen molar-refractivity contribution in [3.8, 4) is 0 Å². The predicted molar refractivity (Wildman–Crippen MR) is 182 cm³/mol. The first-order valence-electron chi connectivity index (χ1n) is 17.3. The average Bonchev–Trinajstić information content (AvgIpc) is 3.87. The summed E-state index contributed by atoms with van der Waals surface area (Å²) in [7, 11) is -3.42. The second-order valence-corrected chi connectivity index (χ2v) is 15.8. The molecule has 52 heavy (non-hydrogen) atoms. The third-order valence-corrected chi connectivity index (χ3v) is 12.3. The molecule has 2 N–H and O–H groups in total. The van der Waals surface area contributed by atoms with Crippen molar-refractivity contribution in [3.63, 3.8) is 0 Å². The number of benzene rings is 2. The van der Waals surface area contributed by atoms with Crippen LogP contribution in [0.2, 0.25) is 0 Å². The average molecular weight is 753 g/mol. The molecule has 3 aliphatic rings.